The highest BCUT2D eigenvalue weighted by Crippen LogP contribution is 2.12. The molecule has 0 saturated carbocycles. The second-order valence-corrected chi connectivity index (χ2v) is 5.92. The lowest BCUT2D eigenvalue weighted by molar-refractivity contribution is 0.145. The smallest absolute Gasteiger partial charge is 0.191 e. The van der Waals surface area contributed by atoms with Crippen LogP contribution in [0, 0.1) is 0 Å². The van der Waals surface area contributed by atoms with Crippen LogP contribution in [0.25, 0.3) is 0 Å². The van der Waals surface area contributed by atoms with Gasteiger partial charge >= 0.3 is 0 Å². The molecular formula is C20H37IN4O2. The van der Waals surface area contributed by atoms with E-state index < -0.39 is 0 Å². The molecule has 0 bridgehead atoms. The molecule has 27 heavy (non-hydrogen) atoms. The Morgan fingerprint density at radius 2 is 1.74 bits per heavy atom. The summed E-state index contributed by atoms with van der Waals surface area (Å²) in [7, 11) is 1.78. The maximum absolute atomic E-state index is 5.82. The van der Waals surface area contributed by atoms with E-state index in [0.717, 1.165) is 70.7 Å². The highest BCUT2D eigenvalue weighted by atomic mass is 127. The Balaban J connectivity index is 0.00000676. The van der Waals surface area contributed by atoms with Crippen molar-refractivity contribution in [2.75, 3.05) is 53.0 Å². The number of guanidine groups is 1. The van der Waals surface area contributed by atoms with Crippen molar-refractivity contribution in [3.05, 3.63) is 29.8 Å². The van der Waals surface area contributed by atoms with Gasteiger partial charge in [-0.1, -0.05) is 26.0 Å². The van der Waals surface area contributed by atoms with E-state index in [1.165, 1.54) is 5.56 Å². The summed E-state index contributed by atoms with van der Waals surface area (Å²) in [5, 5.41) is 6.61. The fourth-order valence-corrected chi connectivity index (χ4v) is 2.47. The van der Waals surface area contributed by atoms with Gasteiger partial charge in [0.05, 0.1) is 0 Å². The Labute approximate surface area is 182 Å². The molecule has 1 rings (SSSR count). The van der Waals surface area contributed by atoms with E-state index >= 15 is 0 Å². The molecule has 1 aromatic rings. The standard InChI is InChI=1S/C20H36N4O2.HI/c1-5-24(6-2)14-16-26-19-11-9-18(10-12-19)17-23-20(21-4)22-13-8-15-25-7-3;/h9-12H,5-8,13-17H2,1-4H3,(H2,21,22,23);1H. The Kier molecular flexibility index (Phi) is 16.4. The van der Waals surface area contributed by atoms with Crippen molar-refractivity contribution in [1.29, 1.82) is 0 Å². The molecule has 0 saturated heterocycles. The van der Waals surface area contributed by atoms with Crippen molar-refractivity contribution in [2.24, 2.45) is 4.99 Å². The highest BCUT2D eigenvalue weighted by Gasteiger charge is 2.01. The van der Waals surface area contributed by atoms with Crippen molar-refractivity contribution < 1.29 is 9.47 Å². The van der Waals surface area contributed by atoms with Gasteiger partial charge in [0.2, 0.25) is 0 Å². The minimum absolute atomic E-state index is 0. The Morgan fingerprint density at radius 1 is 1.04 bits per heavy atom. The fraction of sp³-hybridized carbons (Fsp3) is 0.650. The third-order valence-electron chi connectivity index (χ3n) is 4.14. The third-order valence-corrected chi connectivity index (χ3v) is 4.14. The van der Waals surface area contributed by atoms with Gasteiger partial charge in [-0.3, -0.25) is 4.99 Å². The van der Waals surface area contributed by atoms with Gasteiger partial charge in [-0.2, -0.15) is 0 Å². The zero-order valence-corrected chi connectivity index (χ0v) is 19.6. The third kappa shape index (κ3) is 12.1. The molecule has 2 N–H and O–H groups in total. The summed E-state index contributed by atoms with van der Waals surface area (Å²) < 4.78 is 11.1. The van der Waals surface area contributed by atoms with E-state index in [4.69, 9.17) is 9.47 Å². The van der Waals surface area contributed by atoms with Crippen molar-refractivity contribution in [1.82, 2.24) is 15.5 Å². The van der Waals surface area contributed by atoms with Crippen LogP contribution in [0.4, 0.5) is 0 Å². The number of hydrogen-bond acceptors (Lipinski definition) is 4. The predicted molar refractivity (Wildman–Crippen MR) is 124 cm³/mol. The summed E-state index contributed by atoms with van der Waals surface area (Å²) in [4.78, 5) is 6.59. The molecule has 0 aliphatic rings. The number of likely N-dealkylation sites (N-methyl/N-ethyl adjacent to an activating group) is 1. The summed E-state index contributed by atoms with van der Waals surface area (Å²) in [6, 6.07) is 8.22. The van der Waals surface area contributed by atoms with Crippen LogP contribution in [0.3, 0.4) is 0 Å². The Hall–Kier alpha value is -1.06. The van der Waals surface area contributed by atoms with Gasteiger partial charge in [0.15, 0.2) is 5.96 Å². The second kappa shape index (κ2) is 17.1. The molecule has 0 spiro atoms. The molecule has 0 heterocycles. The van der Waals surface area contributed by atoms with Crippen LogP contribution >= 0.6 is 24.0 Å². The number of aliphatic imine (C=N–C) groups is 1. The van der Waals surface area contributed by atoms with Crippen molar-refractivity contribution in [2.45, 2.75) is 33.7 Å². The average molecular weight is 492 g/mol. The minimum Gasteiger partial charge on any atom is -0.492 e. The molecule has 7 heteroatoms. The molecule has 1 aromatic carbocycles. The van der Waals surface area contributed by atoms with Gasteiger partial charge in [0.25, 0.3) is 0 Å². The Bertz CT molecular complexity index is 493. The van der Waals surface area contributed by atoms with Gasteiger partial charge in [-0.15, -0.1) is 24.0 Å². The van der Waals surface area contributed by atoms with E-state index in [0.29, 0.717) is 0 Å². The molecule has 0 aliphatic heterocycles. The van der Waals surface area contributed by atoms with Gasteiger partial charge in [0.1, 0.15) is 12.4 Å². The zero-order valence-electron chi connectivity index (χ0n) is 17.3. The normalized spacial score (nSPS) is 11.2. The molecule has 156 valence electrons. The largest absolute Gasteiger partial charge is 0.492 e. The quantitative estimate of drug-likeness (QED) is 0.192. The molecule has 0 aliphatic carbocycles. The molecule has 6 nitrogen and oxygen atoms in total. The fourth-order valence-electron chi connectivity index (χ4n) is 2.47. The van der Waals surface area contributed by atoms with Crippen LogP contribution in [-0.4, -0.2) is 63.9 Å². The molecule has 0 amide bonds. The minimum atomic E-state index is 0. The van der Waals surface area contributed by atoms with Crippen LogP contribution < -0.4 is 15.4 Å². The maximum atomic E-state index is 5.82. The summed E-state index contributed by atoms with van der Waals surface area (Å²) in [5.41, 5.74) is 1.19. The van der Waals surface area contributed by atoms with Crippen LogP contribution in [0.15, 0.2) is 29.3 Å². The maximum Gasteiger partial charge on any atom is 0.191 e. The van der Waals surface area contributed by atoms with Gasteiger partial charge in [-0.05, 0) is 44.1 Å². The first-order chi connectivity index (χ1) is 12.7. The first kappa shape index (κ1) is 25.9. The number of nitrogens with one attached hydrogen (secondary N) is 2. The topological polar surface area (TPSA) is 58.1 Å². The van der Waals surface area contributed by atoms with Crippen molar-refractivity contribution in [3.8, 4) is 5.75 Å². The molecular weight excluding hydrogens is 455 g/mol. The first-order valence-electron chi connectivity index (χ1n) is 9.69. The number of hydrogen-bond donors (Lipinski definition) is 2. The van der Waals surface area contributed by atoms with E-state index in [1.54, 1.807) is 7.05 Å². The number of benzene rings is 1. The van der Waals surface area contributed by atoms with Gasteiger partial charge in [0, 0.05) is 39.9 Å². The predicted octanol–water partition coefficient (Wildman–Crippen LogP) is 3.12. The molecule has 0 unspecified atom stereocenters. The molecule has 0 aromatic heterocycles. The first-order valence-corrected chi connectivity index (χ1v) is 9.69. The summed E-state index contributed by atoms with van der Waals surface area (Å²) in [5.74, 6) is 1.72. The van der Waals surface area contributed by atoms with Crippen LogP contribution in [0.5, 0.6) is 5.75 Å². The second-order valence-electron chi connectivity index (χ2n) is 5.92. The zero-order chi connectivity index (χ0) is 19.0. The highest BCUT2D eigenvalue weighted by molar-refractivity contribution is 14.0. The van der Waals surface area contributed by atoms with E-state index in [1.807, 2.05) is 19.1 Å². The Morgan fingerprint density at radius 3 is 2.33 bits per heavy atom. The van der Waals surface area contributed by atoms with Gasteiger partial charge in [-0.25, -0.2) is 0 Å². The number of nitrogens with zero attached hydrogens (tertiary/aromatic N) is 2. The molecule has 0 atom stereocenters. The average Bonchev–Trinajstić information content (AvgIpc) is 2.68. The number of rotatable bonds is 13. The van der Waals surface area contributed by atoms with E-state index in [-0.39, 0.29) is 24.0 Å². The summed E-state index contributed by atoms with van der Waals surface area (Å²) >= 11 is 0. The SMILES string of the molecule is CCOCCCNC(=NC)NCc1ccc(OCCN(CC)CC)cc1.I. The van der Waals surface area contributed by atoms with Crippen molar-refractivity contribution in [3.63, 3.8) is 0 Å². The summed E-state index contributed by atoms with van der Waals surface area (Å²) in [6.07, 6.45) is 0.966. The van der Waals surface area contributed by atoms with Crippen LogP contribution in [0.1, 0.15) is 32.8 Å². The number of ether oxygens (including phenoxy) is 2. The molecule has 0 radical (unpaired) electrons. The van der Waals surface area contributed by atoms with Crippen LogP contribution in [-0.2, 0) is 11.3 Å². The molecule has 0 fully saturated rings. The number of halogens is 1. The lowest BCUT2D eigenvalue weighted by Gasteiger charge is -2.18. The van der Waals surface area contributed by atoms with Gasteiger partial charge < -0.3 is 25.0 Å². The van der Waals surface area contributed by atoms with Crippen molar-refractivity contribution >= 4 is 29.9 Å². The summed E-state index contributed by atoms with van der Waals surface area (Å²) in [6.45, 7) is 13.3. The monoisotopic (exact) mass is 492 g/mol. The van der Waals surface area contributed by atoms with E-state index in [2.05, 4.69) is 46.5 Å². The van der Waals surface area contributed by atoms with E-state index in [9.17, 15) is 0 Å². The lowest BCUT2D eigenvalue weighted by atomic mass is 10.2. The van der Waals surface area contributed by atoms with Crippen LogP contribution in [0.2, 0.25) is 0 Å². The lowest BCUT2D eigenvalue weighted by Crippen LogP contribution is -2.37.